The maximum absolute atomic E-state index is 12.4. The van der Waals surface area contributed by atoms with E-state index < -0.39 is 17.0 Å². The van der Waals surface area contributed by atoms with E-state index in [1.807, 2.05) is 19.1 Å². The van der Waals surface area contributed by atoms with Gasteiger partial charge in [-0.05, 0) is 38.0 Å². The first kappa shape index (κ1) is 18.3. The monoisotopic (exact) mass is 341 g/mol. The predicted molar refractivity (Wildman–Crippen MR) is 92.9 cm³/mol. The molecule has 0 saturated heterocycles. The standard InChI is InChI=1S/C19H19NO5/c1-4-14-5-7-15(8-6-14)18(21)13(3)25-19(22)16-9-10-17(20(23)24)12(2)11-16/h5-11,13H,4H2,1-3H3. The highest BCUT2D eigenvalue weighted by Gasteiger charge is 2.21. The molecule has 0 saturated carbocycles. The lowest BCUT2D eigenvalue weighted by atomic mass is 10.0. The third kappa shape index (κ3) is 4.29. The Morgan fingerprint density at radius 1 is 1.12 bits per heavy atom. The number of nitro groups is 1. The first-order valence-electron chi connectivity index (χ1n) is 7.92. The summed E-state index contributed by atoms with van der Waals surface area (Å²) in [7, 11) is 0. The molecule has 0 radical (unpaired) electrons. The third-order valence-electron chi connectivity index (χ3n) is 3.93. The fourth-order valence-electron chi connectivity index (χ4n) is 2.41. The lowest BCUT2D eigenvalue weighted by molar-refractivity contribution is -0.385. The van der Waals surface area contributed by atoms with Gasteiger partial charge in [0.05, 0.1) is 10.5 Å². The number of Topliss-reactive ketones (excluding diaryl/α,β-unsaturated/α-hetero) is 1. The second-order valence-corrected chi connectivity index (χ2v) is 5.72. The average Bonchev–Trinajstić information content (AvgIpc) is 2.60. The molecular formula is C19H19NO5. The van der Waals surface area contributed by atoms with Crippen molar-refractivity contribution in [2.24, 2.45) is 0 Å². The minimum atomic E-state index is -0.949. The van der Waals surface area contributed by atoms with E-state index in [0.29, 0.717) is 11.1 Å². The van der Waals surface area contributed by atoms with E-state index >= 15 is 0 Å². The number of nitrogens with zero attached hydrogens (tertiary/aromatic N) is 1. The maximum Gasteiger partial charge on any atom is 0.338 e. The fraction of sp³-hybridized carbons (Fsp3) is 0.263. The molecule has 25 heavy (non-hydrogen) atoms. The number of hydrogen-bond donors (Lipinski definition) is 0. The van der Waals surface area contributed by atoms with Gasteiger partial charge in [0.2, 0.25) is 5.78 Å². The molecule has 2 aromatic rings. The van der Waals surface area contributed by atoms with Crippen LogP contribution in [0.2, 0.25) is 0 Å². The van der Waals surface area contributed by atoms with Crippen molar-refractivity contribution in [1.82, 2.24) is 0 Å². The van der Waals surface area contributed by atoms with Gasteiger partial charge in [-0.25, -0.2) is 4.79 Å². The number of ether oxygens (including phenoxy) is 1. The summed E-state index contributed by atoms with van der Waals surface area (Å²) in [5.74, 6) is -0.987. The minimum Gasteiger partial charge on any atom is -0.451 e. The highest BCUT2D eigenvalue weighted by atomic mass is 16.6. The lowest BCUT2D eigenvalue weighted by Gasteiger charge is -2.13. The van der Waals surface area contributed by atoms with E-state index in [9.17, 15) is 19.7 Å². The van der Waals surface area contributed by atoms with Crippen molar-refractivity contribution in [2.75, 3.05) is 0 Å². The van der Waals surface area contributed by atoms with Crippen molar-refractivity contribution in [3.63, 3.8) is 0 Å². The molecule has 2 aromatic carbocycles. The Balaban J connectivity index is 2.09. The second kappa shape index (κ2) is 7.70. The van der Waals surface area contributed by atoms with E-state index in [4.69, 9.17) is 4.74 Å². The van der Waals surface area contributed by atoms with E-state index in [1.54, 1.807) is 19.1 Å². The number of benzene rings is 2. The molecule has 6 nitrogen and oxygen atoms in total. The van der Waals surface area contributed by atoms with Crippen LogP contribution in [0.1, 0.15) is 45.7 Å². The smallest absolute Gasteiger partial charge is 0.338 e. The van der Waals surface area contributed by atoms with Gasteiger partial charge in [-0.2, -0.15) is 0 Å². The molecule has 1 unspecified atom stereocenters. The predicted octanol–water partition coefficient (Wildman–Crippen LogP) is 3.89. The van der Waals surface area contributed by atoms with Crippen molar-refractivity contribution in [3.05, 3.63) is 74.8 Å². The second-order valence-electron chi connectivity index (χ2n) is 5.72. The first-order valence-corrected chi connectivity index (χ1v) is 7.92. The van der Waals surface area contributed by atoms with Crippen molar-refractivity contribution < 1.29 is 19.2 Å². The summed E-state index contributed by atoms with van der Waals surface area (Å²) in [6, 6.07) is 11.1. The van der Waals surface area contributed by atoms with Gasteiger partial charge in [-0.15, -0.1) is 0 Å². The van der Waals surface area contributed by atoms with Crippen LogP contribution in [0.15, 0.2) is 42.5 Å². The molecule has 2 rings (SSSR count). The van der Waals surface area contributed by atoms with Crippen LogP contribution in [0.3, 0.4) is 0 Å². The Kier molecular flexibility index (Phi) is 5.64. The topological polar surface area (TPSA) is 86.5 Å². The molecule has 0 spiro atoms. The van der Waals surface area contributed by atoms with Crippen LogP contribution in [0, 0.1) is 17.0 Å². The maximum atomic E-state index is 12.4. The molecule has 0 aromatic heterocycles. The zero-order chi connectivity index (χ0) is 18.6. The van der Waals surface area contributed by atoms with Crippen LogP contribution in [-0.2, 0) is 11.2 Å². The van der Waals surface area contributed by atoms with Crippen LogP contribution in [-0.4, -0.2) is 22.8 Å². The number of rotatable bonds is 6. The van der Waals surface area contributed by atoms with Gasteiger partial charge in [0.25, 0.3) is 5.69 Å². The van der Waals surface area contributed by atoms with Gasteiger partial charge in [0.1, 0.15) is 0 Å². The summed E-state index contributed by atoms with van der Waals surface area (Å²) in [6.07, 6.45) is -0.0751. The normalized spacial score (nSPS) is 11.6. The van der Waals surface area contributed by atoms with Gasteiger partial charge in [-0.1, -0.05) is 31.2 Å². The summed E-state index contributed by atoms with van der Waals surface area (Å²) in [4.78, 5) is 34.8. The molecule has 0 N–H and O–H groups in total. The molecule has 1 atom stereocenters. The van der Waals surface area contributed by atoms with Gasteiger partial charge >= 0.3 is 5.97 Å². The molecular weight excluding hydrogens is 322 g/mol. The molecule has 0 aliphatic rings. The molecule has 0 aliphatic carbocycles. The Labute approximate surface area is 145 Å². The van der Waals surface area contributed by atoms with Crippen LogP contribution < -0.4 is 0 Å². The molecule has 0 fully saturated rings. The number of aryl methyl sites for hydroxylation is 2. The van der Waals surface area contributed by atoms with Crippen molar-refractivity contribution >= 4 is 17.4 Å². The number of carbonyl (C=O) groups is 2. The Morgan fingerprint density at radius 2 is 1.72 bits per heavy atom. The quantitative estimate of drug-likeness (QED) is 0.344. The average molecular weight is 341 g/mol. The van der Waals surface area contributed by atoms with Gasteiger partial charge in [0, 0.05) is 17.2 Å². The summed E-state index contributed by atoms with van der Waals surface area (Å²) < 4.78 is 5.21. The minimum absolute atomic E-state index is 0.0725. The number of carbonyl (C=O) groups excluding carboxylic acids is 2. The molecule has 0 heterocycles. The van der Waals surface area contributed by atoms with Crippen LogP contribution in [0.5, 0.6) is 0 Å². The molecule has 0 amide bonds. The van der Waals surface area contributed by atoms with Crippen molar-refractivity contribution in [2.45, 2.75) is 33.3 Å². The van der Waals surface area contributed by atoms with Gasteiger partial charge in [-0.3, -0.25) is 14.9 Å². The van der Waals surface area contributed by atoms with Crippen LogP contribution in [0.4, 0.5) is 5.69 Å². The van der Waals surface area contributed by atoms with Crippen LogP contribution >= 0.6 is 0 Å². The Hall–Kier alpha value is -3.02. The Bertz CT molecular complexity index is 811. The molecule has 130 valence electrons. The van der Waals surface area contributed by atoms with E-state index in [0.717, 1.165) is 12.0 Å². The number of nitro benzene ring substituents is 1. The highest BCUT2D eigenvalue weighted by molar-refractivity contribution is 6.01. The van der Waals surface area contributed by atoms with Crippen molar-refractivity contribution in [1.29, 1.82) is 0 Å². The number of esters is 1. The first-order chi connectivity index (χ1) is 11.8. The SMILES string of the molecule is CCc1ccc(C(=O)C(C)OC(=O)c2ccc([N+](=O)[O-])c(C)c2)cc1. The third-order valence-corrected chi connectivity index (χ3v) is 3.93. The summed E-state index contributed by atoms with van der Waals surface area (Å²) in [5, 5.41) is 10.8. The zero-order valence-electron chi connectivity index (χ0n) is 14.3. The summed E-state index contributed by atoms with van der Waals surface area (Å²) >= 11 is 0. The Morgan fingerprint density at radius 3 is 2.24 bits per heavy atom. The summed E-state index contributed by atoms with van der Waals surface area (Å²) in [5.41, 5.74) is 2.04. The summed E-state index contributed by atoms with van der Waals surface area (Å²) in [6.45, 7) is 5.07. The van der Waals surface area contributed by atoms with Gasteiger partial charge in [0.15, 0.2) is 6.10 Å². The van der Waals surface area contributed by atoms with E-state index in [2.05, 4.69) is 0 Å². The molecule has 0 aliphatic heterocycles. The van der Waals surface area contributed by atoms with Crippen LogP contribution in [0.25, 0.3) is 0 Å². The van der Waals surface area contributed by atoms with Gasteiger partial charge < -0.3 is 4.74 Å². The highest BCUT2D eigenvalue weighted by Crippen LogP contribution is 2.20. The van der Waals surface area contributed by atoms with E-state index in [1.165, 1.54) is 25.1 Å². The largest absolute Gasteiger partial charge is 0.451 e. The lowest BCUT2D eigenvalue weighted by Crippen LogP contribution is -2.24. The number of ketones is 1. The molecule has 0 bridgehead atoms. The van der Waals surface area contributed by atoms with Crippen molar-refractivity contribution in [3.8, 4) is 0 Å². The number of hydrogen-bond acceptors (Lipinski definition) is 5. The van der Waals surface area contributed by atoms with E-state index in [-0.39, 0.29) is 17.0 Å². The zero-order valence-corrected chi connectivity index (χ0v) is 14.3. The molecule has 6 heteroatoms. The fourth-order valence-corrected chi connectivity index (χ4v) is 2.41.